The van der Waals surface area contributed by atoms with Gasteiger partial charge < -0.3 is 9.43 Å². The zero-order valence-electron chi connectivity index (χ0n) is 16.4. The Hall–Kier alpha value is -3.40. The van der Waals surface area contributed by atoms with Crippen LogP contribution in [0.25, 0.3) is 33.4 Å². The second-order valence-corrected chi connectivity index (χ2v) is 8.42. The first-order valence-electron chi connectivity index (χ1n) is 9.04. The monoisotopic (exact) mass is 425 g/mol. The number of benzene rings is 3. The van der Waals surface area contributed by atoms with Gasteiger partial charge in [0.15, 0.2) is 7.05 Å². The summed E-state index contributed by atoms with van der Waals surface area (Å²) in [6.45, 7) is 0. The topological polar surface area (TPSA) is 126 Å². The second-order valence-electron chi connectivity index (χ2n) is 7.03. The third kappa shape index (κ3) is 3.39. The Kier molecular flexibility index (Phi) is 4.73. The van der Waals surface area contributed by atoms with E-state index >= 15 is 0 Å². The third-order valence-electron chi connectivity index (χ3n) is 4.94. The molecule has 154 valence electrons. The minimum Gasteiger partial charge on any atom is -0.456 e. The molecule has 30 heavy (non-hydrogen) atoms. The molecule has 2 aromatic rings. The fourth-order valence-electron chi connectivity index (χ4n) is 3.49. The lowest BCUT2D eigenvalue weighted by Crippen LogP contribution is -2.31. The standard InChI is InChI=1S/C21H20N4O4S/c1-24(22)13-7-9-15-18(11-13)29-19-12-14(25(2)23)8-10-16(19)21(15)17-5-3-4-6-20(17)30(26,27)28/h3-12H,22-23H2,1-2H3/p+1. The highest BCUT2D eigenvalue weighted by molar-refractivity contribution is 7.86. The number of hydrogen-bond acceptors (Lipinski definition) is 6. The van der Waals surface area contributed by atoms with E-state index in [1.54, 1.807) is 44.4 Å². The summed E-state index contributed by atoms with van der Waals surface area (Å²) in [6.07, 6.45) is 0. The van der Waals surface area contributed by atoms with Crippen LogP contribution in [0, 0.1) is 0 Å². The molecule has 4 rings (SSSR count). The third-order valence-corrected chi connectivity index (χ3v) is 5.85. The van der Waals surface area contributed by atoms with Crippen molar-refractivity contribution < 1.29 is 17.4 Å². The molecule has 1 heterocycles. The zero-order valence-corrected chi connectivity index (χ0v) is 17.2. The molecule has 9 heteroatoms. The van der Waals surface area contributed by atoms with Crippen LogP contribution in [-0.4, -0.2) is 27.1 Å². The van der Waals surface area contributed by atoms with Gasteiger partial charge in [0.2, 0.25) is 5.36 Å². The molecule has 0 unspecified atom stereocenters. The van der Waals surface area contributed by atoms with Gasteiger partial charge >= 0.3 is 0 Å². The Labute approximate surface area is 173 Å². The molecule has 2 aliphatic rings. The summed E-state index contributed by atoms with van der Waals surface area (Å²) in [6, 6.07) is 17.1. The number of nitrogens with two attached hydrogens (primary N) is 2. The summed E-state index contributed by atoms with van der Waals surface area (Å²) >= 11 is 0. The highest BCUT2D eigenvalue weighted by Gasteiger charge is 2.23. The minimum absolute atomic E-state index is 0.182. The molecular formula is C21H21N4O4S+. The lowest BCUT2D eigenvalue weighted by molar-refractivity contribution is 0.483. The van der Waals surface area contributed by atoms with Crippen LogP contribution in [0.1, 0.15) is 0 Å². The second kappa shape index (κ2) is 7.13. The SMILES string of the molecule is CN(N)c1ccc2c(-c3ccccc3S(=O)(=O)O)c3cc/c(=[N+](/C)N)cc-3oc2c1. The number of anilines is 1. The van der Waals surface area contributed by atoms with Gasteiger partial charge in [-0.15, -0.1) is 4.68 Å². The minimum atomic E-state index is -4.45. The summed E-state index contributed by atoms with van der Waals surface area (Å²) < 4.78 is 41.5. The zero-order chi connectivity index (χ0) is 21.6. The number of nitrogens with zero attached hydrogens (tertiary/aromatic N) is 2. The van der Waals surface area contributed by atoms with Crippen molar-refractivity contribution in [3.8, 4) is 22.5 Å². The molecule has 0 radical (unpaired) electrons. The quantitative estimate of drug-likeness (QED) is 0.151. The van der Waals surface area contributed by atoms with E-state index < -0.39 is 10.1 Å². The van der Waals surface area contributed by atoms with E-state index in [4.69, 9.17) is 16.1 Å². The molecule has 0 amide bonds. The lowest BCUT2D eigenvalue weighted by atomic mass is 9.93. The van der Waals surface area contributed by atoms with Crippen LogP contribution in [0.15, 0.2) is 70.0 Å². The van der Waals surface area contributed by atoms with Crippen molar-refractivity contribution in [1.82, 2.24) is 4.68 Å². The van der Waals surface area contributed by atoms with Gasteiger partial charge in [-0.1, -0.05) is 18.2 Å². The van der Waals surface area contributed by atoms with Crippen molar-refractivity contribution in [3.05, 3.63) is 66.0 Å². The molecule has 0 bridgehead atoms. The van der Waals surface area contributed by atoms with Crippen LogP contribution < -0.4 is 26.7 Å². The average molecular weight is 425 g/mol. The van der Waals surface area contributed by atoms with Crippen LogP contribution in [0.3, 0.4) is 0 Å². The van der Waals surface area contributed by atoms with E-state index in [0.29, 0.717) is 44.5 Å². The molecule has 0 aromatic heterocycles. The van der Waals surface area contributed by atoms with Crippen molar-refractivity contribution >= 4 is 26.8 Å². The van der Waals surface area contributed by atoms with E-state index in [9.17, 15) is 13.0 Å². The molecule has 8 nitrogen and oxygen atoms in total. The Balaban J connectivity index is 2.21. The van der Waals surface area contributed by atoms with Crippen LogP contribution >= 0.6 is 0 Å². The Morgan fingerprint density at radius 1 is 1.03 bits per heavy atom. The summed E-state index contributed by atoms with van der Waals surface area (Å²) in [4.78, 5) is -0.182. The largest absolute Gasteiger partial charge is 0.456 e. The normalized spacial score (nSPS) is 12.9. The number of fused-ring (bicyclic) bond motifs is 2. The van der Waals surface area contributed by atoms with Gasteiger partial charge in [0.25, 0.3) is 10.1 Å². The van der Waals surface area contributed by atoms with Gasteiger partial charge in [-0.3, -0.25) is 4.55 Å². The van der Waals surface area contributed by atoms with Crippen LogP contribution in [0.4, 0.5) is 5.69 Å². The maximum Gasteiger partial charge on any atom is 0.295 e. The Morgan fingerprint density at radius 2 is 1.77 bits per heavy atom. The van der Waals surface area contributed by atoms with Gasteiger partial charge in [-0.2, -0.15) is 8.42 Å². The average Bonchev–Trinajstić information content (AvgIpc) is 2.70. The Bertz CT molecular complexity index is 1420. The molecule has 0 saturated heterocycles. The van der Waals surface area contributed by atoms with Crippen molar-refractivity contribution in [2.24, 2.45) is 11.7 Å². The lowest BCUT2D eigenvalue weighted by Gasteiger charge is -2.18. The number of hydrazine groups is 2. The maximum atomic E-state index is 12.1. The van der Waals surface area contributed by atoms with E-state index in [1.165, 1.54) is 15.8 Å². The van der Waals surface area contributed by atoms with Crippen LogP contribution in [-0.2, 0) is 10.1 Å². The van der Waals surface area contributed by atoms with Crippen LogP contribution in [0.2, 0.25) is 0 Å². The number of hydrogen-bond donors (Lipinski definition) is 3. The summed E-state index contributed by atoms with van der Waals surface area (Å²) in [5.41, 5.74) is 2.89. The maximum absolute atomic E-state index is 12.1. The highest BCUT2D eigenvalue weighted by Crippen LogP contribution is 2.42. The summed E-state index contributed by atoms with van der Waals surface area (Å²) in [5, 5.41) is 2.85. The first-order valence-corrected chi connectivity index (χ1v) is 10.5. The molecule has 2 aromatic carbocycles. The van der Waals surface area contributed by atoms with Crippen LogP contribution in [0.5, 0.6) is 0 Å². The first-order chi connectivity index (χ1) is 14.2. The smallest absolute Gasteiger partial charge is 0.295 e. The van der Waals surface area contributed by atoms with Crippen molar-refractivity contribution in [2.45, 2.75) is 4.90 Å². The van der Waals surface area contributed by atoms with Crippen molar-refractivity contribution in [2.75, 3.05) is 19.1 Å². The van der Waals surface area contributed by atoms with E-state index in [-0.39, 0.29) is 4.90 Å². The van der Waals surface area contributed by atoms with E-state index in [2.05, 4.69) is 0 Å². The Morgan fingerprint density at radius 3 is 2.43 bits per heavy atom. The molecule has 0 saturated carbocycles. The molecule has 0 fully saturated rings. The molecule has 0 spiro atoms. The van der Waals surface area contributed by atoms with Gasteiger partial charge in [0.1, 0.15) is 16.2 Å². The fourth-order valence-corrected chi connectivity index (χ4v) is 4.19. The van der Waals surface area contributed by atoms with Crippen molar-refractivity contribution in [1.29, 1.82) is 0 Å². The predicted octanol–water partition coefficient (Wildman–Crippen LogP) is 2.04. The van der Waals surface area contributed by atoms with Gasteiger partial charge in [0, 0.05) is 41.3 Å². The van der Waals surface area contributed by atoms with Gasteiger partial charge in [0.05, 0.1) is 11.8 Å². The molecule has 1 aliphatic carbocycles. The fraction of sp³-hybridized carbons (Fsp3) is 0.0952. The molecular weight excluding hydrogens is 404 g/mol. The predicted molar refractivity (Wildman–Crippen MR) is 116 cm³/mol. The summed E-state index contributed by atoms with van der Waals surface area (Å²) in [5.74, 6) is 12.2. The molecule has 5 N–H and O–H groups in total. The highest BCUT2D eigenvalue weighted by atomic mass is 32.2. The van der Waals surface area contributed by atoms with Gasteiger partial charge in [-0.25, -0.2) is 11.7 Å². The van der Waals surface area contributed by atoms with E-state index in [0.717, 1.165) is 0 Å². The number of rotatable bonds is 3. The molecule has 0 atom stereocenters. The molecule has 1 aliphatic heterocycles. The first kappa shape index (κ1) is 19.9. The van der Waals surface area contributed by atoms with Crippen molar-refractivity contribution in [3.63, 3.8) is 0 Å². The van der Waals surface area contributed by atoms with E-state index in [1.807, 2.05) is 24.3 Å². The van der Waals surface area contributed by atoms with Gasteiger partial charge in [-0.05, 0) is 24.3 Å². The summed E-state index contributed by atoms with van der Waals surface area (Å²) in [7, 11) is -1.04.